The molecule has 0 saturated carbocycles. The average molecular weight is 675 g/mol. The van der Waals surface area contributed by atoms with E-state index in [0.29, 0.717) is 40.0 Å². The lowest BCUT2D eigenvalue weighted by molar-refractivity contribution is 0.625. The zero-order valence-electron chi connectivity index (χ0n) is 26.8. The van der Waals surface area contributed by atoms with E-state index in [1.54, 1.807) is 61.0 Å². The second-order valence-corrected chi connectivity index (χ2v) is 12.2. The summed E-state index contributed by atoms with van der Waals surface area (Å²) in [4.78, 5) is 26.3. The lowest BCUT2D eigenvalue weighted by atomic mass is 10.1. The minimum absolute atomic E-state index is 0.240. The number of hydrogen-bond donors (Lipinski definition) is 0. The Kier molecular flexibility index (Phi) is 7.31. The molecule has 0 N–H and O–H groups in total. The van der Waals surface area contributed by atoms with E-state index < -0.39 is 0 Å². The summed E-state index contributed by atoms with van der Waals surface area (Å²) in [5.74, 6) is 1.71. The molecule has 10 rings (SSSR count). The van der Waals surface area contributed by atoms with E-state index in [2.05, 4.69) is 46.6 Å². The predicted octanol–water partition coefficient (Wildman–Crippen LogP) is 8.47. The van der Waals surface area contributed by atoms with Gasteiger partial charge in [-0.05, 0) is 65.8 Å². The minimum atomic E-state index is -0.371. The van der Waals surface area contributed by atoms with Crippen LogP contribution in [0.5, 0.6) is 0 Å². The first kappa shape index (κ1) is 30.3. The number of nitrogens with zero attached hydrogens (tertiary/aromatic N) is 8. The first-order chi connectivity index (χ1) is 24.9. The molecular formula is C40H25F3N8. The Morgan fingerprint density at radius 2 is 1.08 bits per heavy atom. The van der Waals surface area contributed by atoms with Gasteiger partial charge in [-0.15, -0.1) is 0 Å². The Morgan fingerprint density at radius 1 is 0.529 bits per heavy atom. The van der Waals surface area contributed by atoms with Crippen molar-refractivity contribution in [1.29, 1.82) is 0 Å². The van der Waals surface area contributed by atoms with Crippen LogP contribution >= 0.6 is 0 Å². The van der Waals surface area contributed by atoms with Crippen molar-refractivity contribution in [3.63, 3.8) is 0 Å². The molecule has 0 bridgehead atoms. The molecule has 4 aromatic carbocycles. The molecule has 2 aliphatic heterocycles. The van der Waals surface area contributed by atoms with Gasteiger partial charge in [-0.1, -0.05) is 48.5 Å². The fourth-order valence-electron chi connectivity index (χ4n) is 6.41. The van der Waals surface area contributed by atoms with Gasteiger partial charge in [0.25, 0.3) is 0 Å². The highest BCUT2D eigenvalue weighted by atomic mass is 19.1. The van der Waals surface area contributed by atoms with Crippen LogP contribution in [-0.2, 0) is 13.1 Å². The van der Waals surface area contributed by atoms with E-state index in [0.717, 1.165) is 40.7 Å². The standard InChI is InChI=1S/C20H12F2N4.C20H13FN4/c21-14-4-6-16-13(8-14)10-26-11-15(24-20(16)26)5-7-18-23-9-12-2-1-3-17(22)19(12)25-18;21-17-7-3-5-13-10-22-18(24-19(13)17)9-8-15-12-25-11-14-4-1-2-6-16(14)20(25)23-15/h1-9,11H,10H2;1-10,12H,11H2. The van der Waals surface area contributed by atoms with Crippen LogP contribution in [0.25, 0.3) is 68.9 Å². The third-order valence-electron chi connectivity index (χ3n) is 8.80. The third kappa shape index (κ3) is 5.74. The molecule has 6 heterocycles. The van der Waals surface area contributed by atoms with Crippen LogP contribution in [0.4, 0.5) is 13.2 Å². The molecule has 0 amide bonds. The van der Waals surface area contributed by atoms with Gasteiger partial charge in [0.05, 0.1) is 11.4 Å². The maximum absolute atomic E-state index is 13.9. The molecule has 8 nitrogen and oxygen atoms in total. The van der Waals surface area contributed by atoms with E-state index >= 15 is 0 Å². The molecule has 0 fully saturated rings. The predicted molar refractivity (Wildman–Crippen MR) is 190 cm³/mol. The molecular weight excluding hydrogens is 649 g/mol. The zero-order valence-corrected chi connectivity index (χ0v) is 26.8. The Morgan fingerprint density at radius 3 is 1.69 bits per heavy atom. The summed E-state index contributed by atoms with van der Waals surface area (Å²) in [6.45, 7) is 1.44. The monoisotopic (exact) mass is 674 g/mol. The zero-order chi connectivity index (χ0) is 34.5. The van der Waals surface area contributed by atoms with Crippen molar-refractivity contribution in [1.82, 2.24) is 39.0 Å². The fraction of sp³-hybridized carbons (Fsp3) is 0.0500. The number of benzene rings is 4. The molecule has 0 saturated heterocycles. The second kappa shape index (κ2) is 12.3. The van der Waals surface area contributed by atoms with Crippen LogP contribution in [0.15, 0.2) is 104 Å². The second-order valence-electron chi connectivity index (χ2n) is 12.2. The van der Waals surface area contributed by atoms with Gasteiger partial charge in [-0.2, -0.15) is 0 Å². The van der Waals surface area contributed by atoms with Gasteiger partial charge < -0.3 is 9.13 Å². The smallest absolute Gasteiger partial charge is 0.152 e. The molecule has 0 radical (unpaired) electrons. The first-order valence-corrected chi connectivity index (χ1v) is 16.2. The summed E-state index contributed by atoms with van der Waals surface area (Å²) in [6, 6.07) is 22.6. The normalized spacial score (nSPS) is 12.7. The highest BCUT2D eigenvalue weighted by molar-refractivity contribution is 5.81. The van der Waals surface area contributed by atoms with Crippen molar-refractivity contribution in [3.05, 3.63) is 155 Å². The molecule has 0 atom stereocenters. The highest BCUT2D eigenvalue weighted by Crippen LogP contribution is 2.33. The fourth-order valence-corrected chi connectivity index (χ4v) is 6.41. The summed E-state index contributed by atoms with van der Waals surface area (Å²) in [7, 11) is 0. The van der Waals surface area contributed by atoms with Crippen molar-refractivity contribution >= 4 is 46.1 Å². The van der Waals surface area contributed by atoms with Gasteiger partial charge >= 0.3 is 0 Å². The van der Waals surface area contributed by atoms with Crippen molar-refractivity contribution in [2.45, 2.75) is 13.1 Å². The van der Waals surface area contributed by atoms with E-state index in [1.165, 1.54) is 35.4 Å². The molecule has 8 aromatic rings. The molecule has 0 spiro atoms. The number of imidazole rings is 2. The summed E-state index contributed by atoms with van der Waals surface area (Å²) in [6.07, 6.45) is 14.2. The topological polar surface area (TPSA) is 87.2 Å². The van der Waals surface area contributed by atoms with Gasteiger partial charge in [0.2, 0.25) is 0 Å². The Balaban J connectivity index is 0.000000137. The van der Waals surface area contributed by atoms with Crippen LogP contribution in [0.2, 0.25) is 0 Å². The molecule has 51 heavy (non-hydrogen) atoms. The molecule has 246 valence electrons. The van der Waals surface area contributed by atoms with Crippen LogP contribution < -0.4 is 0 Å². The van der Waals surface area contributed by atoms with Crippen LogP contribution in [0, 0.1) is 17.5 Å². The number of hydrogen-bond acceptors (Lipinski definition) is 6. The Labute approximate surface area is 289 Å². The van der Waals surface area contributed by atoms with Gasteiger partial charge in [0.15, 0.2) is 11.6 Å². The van der Waals surface area contributed by atoms with Crippen LogP contribution in [0.3, 0.4) is 0 Å². The number of para-hydroxylation sites is 2. The van der Waals surface area contributed by atoms with Crippen molar-refractivity contribution in [2.24, 2.45) is 0 Å². The SMILES string of the molecule is Fc1ccc2c(c1)Cn1cc(C=Cc3ncc4cccc(F)c4n3)nc1-2.Fc1cccc2cnc(C=Cc3cn4c(n3)-c3ccccc3C4)nc12. The highest BCUT2D eigenvalue weighted by Gasteiger charge is 2.21. The maximum atomic E-state index is 13.9. The van der Waals surface area contributed by atoms with Crippen molar-refractivity contribution in [3.8, 4) is 22.8 Å². The van der Waals surface area contributed by atoms with Crippen molar-refractivity contribution in [2.75, 3.05) is 0 Å². The average Bonchev–Trinajstić information content (AvgIpc) is 3.90. The third-order valence-corrected chi connectivity index (χ3v) is 8.80. The van der Waals surface area contributed by atoms with E-state index in [9.17, 15) is 13.2 Å². The summed E-state index contributed by atoms with van der Waals surface area (Å²) in [5, 5.41) is 1.35. The van der Waals surface area contributed by atoms with Gasteiger partial charge in [-0.25, -0.2) is 43.1 Å². The van der Waals surface area contributed by atoms with Crippen LogP contribution in [-0.4, -0.2) is 39.0 Å². The summed E-state index contributed by atoms with van der Waals surface area (Å²) >= 11 is 0. The lowest BCUT2D eigenvalue weighted by Gasteiger charge is -1.99. The summed E-state index contributed by atoms with van der Waals surface area (Å²) < 4.78 is 45.1. The Hall–Kier alpha value is -6.75. The van der Waals surface area contributed by atoms with Gasteiger partial charge in [-0.3, -0.25) is 0 Å². The molecule has 0 aliphatic carbocycles. The number of aromatic nitrogens is 8. The quantitative estimate of drug-likeness (QED) is 0.186. The van der Waals surface area contributed by atoms with Gasteiger partial charge in [0, 0.05) is 59.8 Å². The number of halogens is 3. The van der Waals surface area contributed by atoms with E-state index in [1.807, 2.05) is 35.2 Å². The largest absolute Gasteiger partial charge is 0.326 e. The molecule has 0 unspecified atom stereocenters. The molecule has 2 aliphatic rings. The number of rotatable bonds is 4. The lowest BCUT2D eigenvalue weighted by Crippen LogP contribution is -1.91. The minimum Gasteiger partial charge on any atom is -0.326 e. The summed E-state index contributed by atoms with van der Waals surface area (Å²) in [5.41, 5.74) is 6.53. The molecule has 4 aromatic heterocycles. The van der Waals surface area contributed by atoms with Crippen LogP contribution in [0.1, 0.15) is 34.2 Å². The maximum Gasteiger partial charge on any atom is 0.152 e. The van der Waals surface area contributed by atoms with Gasteiger partial charge in [0.1, 0.15) is 40.1 Å². The molecule has 11 heteroatoms. The van der Waals surface area contributed by atoms with E-state index in [-0.39, 0.29) is 17.5 Å². The van der Waals surface area contributed by atoms with E-state index in [4.69, 9.17) is 0 Å². The van der Waals surface area contributed by atoms with Crippen molar-refractivity contribution < 1.29 is 13.2 Å². The Bertz CT molecular complexity index is 2710. The number of fused-ring (bicyclic) bond motifs is 8. The first-order valence-electron chi connectivity index (χ1n) is 16.2.